The Bertz CT molecular complexity index is 858. The van der Waals surface area contributed by atoms with E-state index < -0.39 is 0 Å². The number of carbonyl (C=O) groups is 1. The molecular formula is C20H23N5O. The van der Waals surface area contributed by atoms with E-state index in [2.05, 4.69) is 21.5 Å². The first-order valence-corrected chi connectivity index (χ1v) is 9.15. The molecular weight excluding hydrogens is 326 g/mol. The summed E-state index contributed by atoms with van der Waals surface area (Å²) in [6, 6.07) is 7.71. The van der Waals surface area contributed by atoms with Crippen LogP contribution in [0, 0.1) is 0 Å². The minimum Gasteiger partial charge on any atom is -0.339 e. The van der Waals surface area contributed by atoms with Crippen LogP contribution in [0.4, 0.5) is 0 Å². The number of nitrogens with zero attached hydrogens (tertiary/aromatic N) is 5. The van der Waals surface area contributed by atoms with E-state index in [0.717, 1.165) is 49.6 Å². The highest BCUT2D eigenvalue weighted by Gasteiger charge is 2.26. The molecule has 6 nitrogen and oxygen atoms in total. The molecule has 3 aromatic rings. The Balaban J connectivity index is 1.40. The maximum absolute atomic E-state index is 12.8. The SMILES string of the molecule is CCn1ccnc1C1CCN(C(=O)c2ccc(-n3ccnc3)cc2)CC1. The molecule has 134 valence electrons. The van der Waals surface area contributed by atoms with Crippen molar-refractivity contribution in [3.05, 3.63) is 66.8 Å². The number of rotatable bonds is 4. The second-order valence-electron chi connectivity index (χ2n) is 6.65. The van der Waals surface area contributed by atoms with Crippen molar-refractivity contribution in [2.45, 2.75) is 32.2 Å². The molecule has 1 aliphatic rings. The van der Waals surface area contributed by atoms with Crippen LogP contribution in [-0.4, -0.2) is 43.0 Å². The van der Waals surface area contributed by atoms with Gasteiger partial charge in [0.1, 0.15) is 5.82 Å². The Morgan fingerprint density at radius 3 is 2.54 bits per heavy atom. The molecule has 0 aliphatic carbocycles. The summed E-state index contributed by atoms with van der Waals surface area (Å²) in [5, 5.41) is 0. The van der Waals surface area contributed by atoms with Crippen LogP contribution in [0.25, 0.3) is 5.69 Å². The van der Waals surface area contributed by atoms with E-state index in [4.69, 9.17) is 0 Å². The lowest BCUT2D eigenvalue weighted by Crippen LogP contribution is -2.38. The van der Waals surface area contributed by atoms with Gasteiger partial charge in [-0.3, -0.25) is 4.79 Å². The lowest BCUT2D eigenvalue weighted by atomic mass is 9.95. The Morgan fingerprint density at radius 1 is 1.12 bits per heavy atom. The molecule has 26 heavy (non-hydrogen) atoms. The number of amides is 1. The second kappa shape index (κ2) is 7.15. The third kappa shape index (κ3) is 3.14. The average Bonchev–Trinajstić information content (AvgIpc) is 3.39. The highest BCUT2D eigenvalue weighted by molar-refractivity contribution is 5.94. The minimum atomic E-state index is 0.111. The van der Waals surface area contributed by atoms with Crippen LogP contribution in [0.2, 0.25) is 0 Å². The van der Waals surface area contributed by atoms with Crippen LogP contribution in [0.5, 0.6) is 0 Å². The largest absolute Gasteiger partial charge is 0.339 e. The zero-order valence-electron chi connectivity index (χ0n) is 15.0. The number of carbonyl (C=O) groups excluding carboxylic acids is 1. The summed E-state index contributed by atoms with van der Waals surface area (Å²) in [7, 11) is 0. The quantitative estimate of drug-likeness (QED) is 0.727. The van der Waals surface area contributed by atoms with Gasteiger partial charge in [0.15, 0.2) is 0 Å². The van der Waals surface area contributed by atoms with Gasteiger partial charge in [0.05, 0.1) is 6.33 Å². The van der Waals surface area contributed by atoms with Gasteiger partial charge < -0.3 is 14.0 Å². The summed E-state index contributed by atoms with van der Waals surface area (Å²) in [4.78, 5) is 23.3. The number of likely N-dealkylation sites (tertiary alicyclic amines) is 1. The molecule has 0 radical (unpaired) electrons. The van der Waals surface area contributed by atoms with Crippen molar-refractivity contribution in [1.29, 1.82) is 0 Å². The van der Waals surface area contributed by atoms with Crippen LogP contribution in [0.15, 0.2) is 55.4 Å². The zero-order valence-corrected chi connectivity index (χ0v) is 15.0. The van der Waals surface area contributed by atoms with E-state index >= 15 is 0 Å². The molecule has 2 aromatic heterocycles. The van der Waals surface area contributed by atoms with Crippen LogP contribution in [-0.2, 0) is 6.54 Å². The summed E-state index contributed by atoms with van der Waals surface area (Å²) in [6.07, 6.45) is 11.2. The lowest BCUT2D eigenvalue weighted by Gasteiger charge is -2.32. The van der Waals surface area contributed by atoms with Gasteiger partial charge in [0.25, 0.3) is 5.91 Å². The zero-order chi connectivity index (χ0) is 17.9. The number of aromatic nitrogens is 4. The molecule has 1 fully saturated rings. The van der Waals surface area contributed by atoms with Crippen LogP contribution >= 0.6 is 0 Å². The maximum Gasteiger partial charge on any atom is 0.253 e. The van der Waals surface area contributed by atoms with Crippen molar-refractivity contribution >= 4 is 5.91 Å². The first-order valence-electron chi connectivity index (χ1n) is 9.15. The van der Waals surface area contributed by atoms with Crippen molar-refractivity contribution in [2.24, 2.45) is 0 Å². The molecule has 0 spiro atoms. The molecule has 3 heterocycles. The Labute approximate surface area is 153 Å². The highest BCUT2D eigenvalue weighted by Crippen LogP contribution is 2.27. The van der Waals surface area contributed by atoms with Gasteiger partial charge in [0.2, 0.25) is 0 Å². The Kier molecular flexibility index (Phi) is 4.56. The van der Waals surface area contributed by atoms with Gasteiger partial charge in [-0.25, -0.2) is 9.97 Å². The van der Waals surface area contributed by atoms with E-state index in [1.807, 2.05) is 52.3 Å². The topological polar surface area (TPSA) is 56.0 Å². The van der Waals surface area contributed by atoms with Crippen molar-refractivity contribution < 1.29 is 4.79 Å². The smallest absolute Gasteiger partial charge is 0.253 e. The average molecular weight is 349 g/mol. The van der Waals surface area contributed by atoms with Crippen LogP contribution in [0.3, 0.4) is 0 Å². The van der Waals surface area contributed by atoms with E-state index in [-0.39, 0.29) is 5.91 Å². The molecule has 0 atom stereocenters. The predicted molar refractivity (Wildman–Crippen MR) is 99.3 cm³/mol. The number of benzene rings is 1. The third-order valence-corrected chi connectivity index (χ3v) is 5.15. The summed E-state index contributed by atoms with van der Waals surface area (Å²) in [5.41, 5.74) is 1.74. The number of aryl methyl sites for hydroxylation is 1. The lowest BCUT2D eigenvalue weighted by molar-refractivity contribution is 0.0710. The van der Waals surface area contributed by atoms with E-state index in [9.17, 15) is 4.79 Å². The molecule has 1 saturated heterocycles. The molecule has 0 saturated carbocycles. The summed E-state index contributed by atoms with van der Waals surface area (Å²) >= 11 is 0. The van der Waals surface area contributed by atoms with Gasteiger partial charge in [-0.1, -0.05) is 0 Å². The summed E-state index contributed by atoms with van der Waals surface area (Å²) < 4.78 is 4.13. The molecule has 4 rings (SSSR count). The van der Waals surface area contributed by atoms with Gasteiger partial charge in [-0.2, -0.15) is 0 Å². The fourth-order valence-corrected chi connectivity index (χ4v) is 3.66. The molecule has 1 aromatic carbocycles. The van der Waals surface area contributed by atoms with Crippen LogP contribution in [0.1, 0.15) is 41.9 Å². The van der Waals surface area contributed by atoms with Gasteiger partial charge in [-0.15, -0.1) is 0 Å². The van der Waals surface area contributed by atoms with Crippen molar-refractivity contribution in [3.8, 4) is 5.69 Å². The number of hydrogen-bond donors (Lipinski definition) is 0. The standard InChI is InChI=1S/C20H23N5O/c1-2-23-14-10-22-19(23)16-7-11-24(12-8-16)20(26)17-3-5-18(6-4-17)25-13-9-21-15-25/h3-6,9-10,13-16H,2,7-8,11-12H2,1H3. The third-order valence-electron chi connectivity index (χ3n) is 5.15. The molecule has 6 heteroatoms. The minimum absolute atomic E-state index is 0.111. The summed E-state index contributed by atoms with van der Waals surface area (Å²) in [6.45, 7) is 4.64. The monoisotopic (exact) mass is 349 g/mol. The number of imidazole rings is 2. The molecule has 0 bridgehead atoms. The van der Waals surface area contributed by atoms with Gasteiger partial charge in [-0.05, 0) is 44.0 Å². The van der Waals surface area contributed by atoms with Gasteiger partial charge >= 0.3 is 0 Å². The first-order chi connectivity index (χ1) is 12.8. The van der Waals surface area contributed by atoms with Crippen molar-refractivity contribution in [1.82, 2.24) is 24.0 Å². The van der Waals surface area contributed by atoms with E-state index in [0.29, 0.717) is 5.92 Å². The fraction of sp³-hybridized carbons (Fsp3) is 0.350. The molecule has 0 unspecified atom stereocenters. The Hall–Kier alpha value is -2.89. The maximum atomic E-state index is 12.8. The number of piperidine rings is 1. The fourth-order valence-electron chi connectivity index (χ4n) is 3.66. The van der Waals surface area contributed by atoms with Crippen LogP contribution < -0.4 is 0 Å². The molecule has 0 N–H and O–H groups in total. The van der Waals surface area contributed by atoms with Crippen molar-refractivity contribution in [3.63, 3.8) is 0 Å². The summed E-state index contributed by atoms with van der Waals surface area (Å²) in [5.74, 6) is 1.71. The van der Waals surface area contributed by atoms with Crippen molar-refractivity contribution in [2.75, 3.05) is 13.1 Å². The van der Waals surface area contributed by atoms with E-state index in [1.165, 1.54) is 0 Å². The molecule has 1 amide bonds. The van der Waals surface area contributed by atoms with Gasteiger partial charge in [0, 0.05) is 61.6 Å². The Morgan fingerprint density at radius 2 is 1.88 bits per heavy atom. The normalized spacial score (nSPS) is 15.3. The number of hydrogen-bond acceptors (Lipinski definition) is 3. The second-order valence-corrected chi connectivity index (χ2v) is 6.65. The van der Waals surface area contributed by atoms with E-state index in [1.54, 1.807) is 12.5 Å². The highest BCUT2D eigenvalue weighted by atomic mass is 16.2. The molecule has 1 aliphatic heterocycles. The first kappa shape index (κ1) is 16.6. The predicted octanol–water partition coefficient (Wildman–Crippen LogP) is 3.11.